The molecule has 3 heteroatoms. The van der Waals surface area contributed by atoms with Crippen molar-refractivity contribution in [3.8, 4) is 0 Å². The highest BCUT2D eigenvalue weighted by molar-refractivity contribution is 5.06. The molecule has 16 heavy (non-hydrogen) atoms. The van der Waals surface area contributed by atoms with Crippen LogP contribution in [0.1, 0.15) is 57.2 Å². The van der Waals surface area contributed by atoms with Crippen LogP contribution in [0.15, 0.2) is 12.3 Å². The Morgan fingerprint density at radius 3 is 2.88 bits per heavy atom. The lowest BCUT2D eigenvalue weighted by atomic mass is 9.84. The molecule has 1 heterocycles. The molecule has 0 radical (unpaired) electrons. The van der Waals surface area contributed by atoms with E-state index in [4.69, 9.17) is 5.73 Å². The zero-order valence-electron chi connectivity index (χ0n) is 10.2. The molecule has 0 bridgehead atoms. The molecule has 2 rings (SSSR count). The first-order valence-electron chi connectivity index (χ1n) is 6.58. The smallest absolute Gasteiger partial charge is 0.0551 e. The number of hydrogen-bond donors (Lipinski definition) is 1. The summed E-state index contributed by atoms with van der Waals surface area (Å²) in [5, 5.41) is 4.29. The fourth-order valence-corrected chi connectivity index (χ4v) is 2.82. The van der Waals surface area contributed by atoms with Crippen LogP contribution in [0, 0.1) is 5.92 Å². The van der Waals surface area contributed by atoms with Gasteiger partial charge in [-0.05, 0) is 25.3 Å². The molecule has 1 aliphatic carbocycles. The van der Waals surface area contributed by atoms with Gasteiger partial charge < -0.3 is 5.73 Å². The third-order valence-corrected chi connectivity index (χ3v) is 3.74. The molecule has 0 spiro atoms. The van der Waals surface area contributed by atoms with Gasteiger partial charge in [-0.15, -0.1) is 0 Å². The molecule has 0 amide bonds. The average Bonchev–Trinajstić information content (AvgIpc) is 2.78. The summed E-state index contributed by atoms with van der Waals surface area (Å²) < 4.78 is 2.02. The predicted octanol–water partition coefficient (Wildman–Crippen LogP) is 2.87. The third-order valence-electron chi connectivity index (χ3n) is 3.74. The van der Waals surface area contributed by atoms with E-state index in [0.29, 0.717) is 0 Å². The van der Waals surface area contributed by atoms with E-state index in [1.54, 1.807) is 0 Å². The summed E-state index contributed by atoms with van der Waals surface area (Å²) in [5.41, 5.74) is 7.49. The lowest BCUT2D eigenvalue weighted by Crippen LogP contribution is -2.20. The molecule has 1 aromatic heterocycles. The highest BCUT2D eigenvalue weighted by Gasteiger charge is 2.19. The van der Waals surface area contributed by atoms with Crippen molar-refractivity contribution >= 4 is 0 Å². The minimum Gasteiger partial charge on any atom is -0.323 e. The predicted molar refractivity (Wildman–Crippen MR) is 66.0 cm³/mol. The molecule has 90 valence electrons. The maximum absolute atomic E-state index is 6.29. The average molecular weight is 221 g/mol. The number of hydrogen-bond acceptors (Lipinski definition) is 2. The van der Waals surface area contributed by atoms with Crippen molar-refractivity contribution in [1.29, 1.82) is 0 Å². The lowest BCUT2D eigenvalue weighted by molar-refractivity contribution is 0.314. The second-order valence-corrected chi connectivity index (χ2v) is 4.92. The fraction of sp³-hybridized carbons (Fsp3) is 0.769. The summed E-state index contributed by atoms with van der Waals surface area (Å²) in [6.45, 7) is 3.03. The van der Waals surface area contributed by atoms with Crippen molar-refractivity contribution in [3.05, 3.63) is 18.0 Å². The van der Waals surface area contributed by atoms with Crippen LogP contribution in [0.4, 0.5) is 0 Å². The van der Waals surface area contributed by atoms with Gasteiger partial charge in [0.2, 0.25) is 0 Å². The molecule has 1 aliphatic rings. The Hall–Kier alpha value is -0.830. The van der Waals surface area contributed by atoms with Gasteiger partial charge in [-0.25, -0.2) is 0 Å². The van der Waals surface area contributed by atoms with E-state index in [2.05, 4.69) is 18.1 Å². The van der Waals surface area contributed by atoms with Crippen LogP contribution < -0.4 is 5.73 Å². The normalized spacial score (nSPS) is 19.9. The lowest BCUT2D eigenvalue weighted by Gasteiger charge is -2.24. The summed E-state index contributed by atoms with van der Waals surface area (Å²) in [7, 11) is 0. The minimum atomic E-state index is 0.172. The van der Waals surface area contributed by atoms with Crippen molar-refractivity contribution in [2.45, 2.75) is 58.0 Å². The Kier molecular flexibility index (Phi) is 3.99. The van der Waals surface area contributed by atoms with Crippen molar-refractivity contribution in [2.24, 2.45) is 11.7 Å². The molecule has 1 aromatic rings. The van der Waals surface area contributed by atoms with E-state index >= 15 is 0 Å². The van der Waals surface area contributed by atoms with Crippen LogP contribution >= 0.6 is 0 Å². The van der Waals surface area contributed by atoms with Gasteiger partial charge in [0.25, 0.3) is 0 Å². The van der Waals surface area contributed by atoms with Crippen LogP contribution in [0.5, 0.6) is 0 Å². The second-order valence-electron chi connectivity index (χ2n) is 4.92. The third kappa shape index (κ3) is 2.64. The molecule has 1 unspecified atom stereocenters. The Labute approximate surface area is 98.0 Å². The number of aromatic nitrogens is 2. The highest BCUT2D eigenvalue weighted by Crippen LogP contribution is 2.30. The van der Waals surface area contributed by atoms with E-state index in [1.807, 2.05) is 10.9 Å². The molecule has 1 fully saturated rings. The van der Waals surface area contributed by atoms with E-state index in [1.165, 1.54) is 37.8 Å². The van der Waals surface area contributed by atoms with Crippen LogP contribution in [0.25, 0.3) is 0 Å². The van der Waals surface area contributed by atoms with Crippen molar-refractivity contribution < 1.29 is 0 Å². The van der Waals surface area contributed by atoms with Gasteiger partial charge in [-0.3, -0.25) is 4.68 Å². The summed E-state index contributed by atoms with van der Waals surface area (Å²) in [6, 6.07) is 2.24. The van der Waals surface area contributed by atoms with Gasteiger partial charge in [0.15, 0.2) is 0 Å². The topological polar surface area (TPSA) is 43.8 Å². The van der Waals surface area contributed by atoms with Gasteiger partial charge in [-0.2, -0.15) is 5.10 Å². The first kappa shape index (κ1) is 11.6. The molecule has 0 aromatic carbocycles. The summed E-state index contributed by atoms with van der Waals surface area (Å²) in [5.74, 6) is 0.837. The van der Waals surface area contributed by atoms with Crippen molar-refractivity contribution in [3.63, 3.8) is 0 Å². The van der Waals surface area contributed by atoms with E-state index in [9.17, 15) is 0 Å². The first-order valence-corrected chi connectivity index (χ1v) is 6.58. The standard InChI is InChI=1S/C13H23N3/c1-2-16-13(8-9-15-16)12(14)10-11-6-4-3-5-7-11/h8-9,11-12H,2-7,10,14H2,1H3. The first-order chi connectivity index (χ1) is 7.81. The van der Waals surface area contributed by atoms with Gasteiger partial charge >= 0.3 is 0 Å². The molecular formula is C13H23N3. The van der Waals surface area contributed by atoms with Gasteiger partial charge in [0, 0.05) is 18.8 Å². The molecule has 0 aliphatic heterocycles. The van der Waals surface area contributed by atoms with Gasteiger partial charge in [0.1, 0.15) is 0 Å². The Bertz CT molecular complexity index is 313. The molecular weight excluding hydrogens is 198 g/mol. The number of rotatable bonds is 4. The van der Waals surface area contributed by atoms with E-state index in [-0.39, 0.29) is 6.04 Å². The molecule has 2 N–H and O–H groups in total. The highest BCUT2D eigenvalue weighted by atomic mass is 15.3. The summed E-state index contributed by atoms with van der Waals surface area (Å²) in [6.07, 6.45) is 9.93. The maximum atomic E-state index is 6.29. The zero-order valence-corrected chi connectivity index (χ0v) is 10.2. The molecule has 0 saturated heterocycles. The molecule has 3 nitrogen and oxygen atoms in total. The van der Waals surface area contributed by atoms with E-state index in [0.717, 1.165) is 18.9 Å². The quantitative estimate of drug-likeness (QED) is 0.849. The van der Waals surface area contributed by atoms with E-state index < -0.39 is 0 Å². The molecule has 1 saturated carbocycles. The number of nitrogens with zero attached hydrogens (tertiary/aromatic N) is 2. The maximum Gasteiger partial charge on any atom is 0.0551 e. The number of nitrogens with two attached hydrogens (primary N) is 1. The van der Waals surface area contributed by atoms with Gasteiger partial charge in [0.05, 0.1) is 5.69 Å². The Morgan fingerprint density at radius 1 is 1.44 bits per heavy atom. The Morgan fingerprint density at radius 2 is 2.19 bits per heavy atom. The second kappa shape index (κ2) is 5.48. The van der Waals surface area contributed by atoms with Crippen molar-refractivity contribution in [1.82, 2.24) is 9.78 Å². The SMILES string of the molecule is CCn1nccc1C(N)CC1CCCCC1. The van der Waals surface area contributed by atoms with Crippen LogP contribution in [0.2, 0.25) is 0 Å². The van der Waals surface area contributed by atoms with Crippen LogP contribution in [-0.2, 0) is 6.54 Å². The zero-order chi connectivity index (χ0) is 11.4. The van der Waals surface area contributed by atoms with Crippen molar-refractivity contribution in [2.75, 3.05) is 0 Å². The largest absolute Gasteiger partial charge is 0.323 e. The minimum absolute atomic E-state index is 0.172. The fourth-order valence-electron chi connectivity index (χ4n) is 2.82. The Balaban J connectivity index is 1.93. The van der Waals surface area contributed by atoms with Crippen LogP contribution in [0.3, 0.4) is 0 Å². The monoisotopic (exact) mass is 221 g/mol. The summed E-state index contributed by atoms with van der Waals surface area (Å²) >= 11 is 0. The number of aryl methyl sites for hydroxylation is 1. The van der Waals surface area contributed by atoms with Gasteiger partial charge in [-0.1, -0.05) is 32.1 Å². The summed E-state index contributed by atoms with van der Waals surface area (Å²) in [4.78, 5) is 0. The molecule has 1 atom stereocenters. The van der Waals surface area contributed by atoms with Crippen LogP contribution in [-0.4, -0.2) is 9.78 Å².